The molecule has 0 unspecified atom stereocenters. The van der Waals surface area contributed by atoms with E-state index in [2.05, 4.69) is 15.3 Å². The summed E-state index contributed by atoms with van der Waals surface area (Å²) in [4.78, 5) is 13.7. The van der Waals surface area contributed by atoms with E-state index in [9.17, 15) is 17.2 Å². The normalized spacial score (nSPS) is 16.3. The van der Waals surface area contributed by atoms with Gasteiger partial charge in [0.15, 0.2) is 9.84 Å². The minimum absolute atomic E-state index is 0.138. The fourth-order valence-electron chi connectivity index (χ4n) is 4.33. The highest BCUT2D eigenvalue weighted by Gasteiger charge is 2.40. The van der Waals surface area contributed by atoms with Crippen molar-refractivity contribution in [1.29, 1.82) is 0 Å². The van der Waals surface area contributed by atoms with Gasteiger partial charge >= 0.3 is 0 Å². The molecule has 0 bridgehead atoms. The second-order valence-corrected chi connectivity index (χ2v) is 10.5. The van der Waals surface area contributed by atoms with Gasteiger partial charge in [0.2, 0.25) is 0 Å². The molecular formula is C24H22F2N4O2S. The van der Waals surface area contributed by atoms with Gasteiger partial charge in [-0.2, -0.15) is 8.78 Å². The summed E-state index contributed by atoms with van der Waals surface area (Å²) < 4.78 is 52.8. The lowest BCUT2D eigenvalue weighted by Gasteiger charge is -2.15. The zero-order chi connectivity index (χ0) is 23.4. The zero-order valence-corrected chi connectivity index (χ0v) is 19.0. The monoisotopic (exact) mass is 468 g/mol. The third kappa shape index (κ3) is 4.13. The number of para-hydroxylation sites is 1. The van der Waals surface area contributed by atoms with E-state index >= 15 is 0 Å². The van der Waals surface area contributed by atoms with E-state index in [4.69, 9.17) is 4.98 Å². The molecule has 0 spiro atoms. The lowest BCUT2D eigenvalue weighted by Crippen LogP contribution is -2.11. The van der Waals surface area contributed by atoms with Crippen LogP contribution in [-0.4, -0.2) is 30.4 Å². The van der Waals surface area contributed by atoms with Crippen molar-refractivity contribution in [2.45, 2.75) is 43.4 Å². The Hall–Kier alpha value is -3.20. The Morgan fingerprint density at radius 3 is 2.64 bits per heavy atom. The van der Waals surface area contributed by atoms with Crippen LogP contribution in [0.4, 0.5) is 25.8 Å². The van der Waals surface area contributed by atoms with Crippen LogP contribution >= 0.6 is 0 Å². The molecule has 3 aromatic rings. The number of aromatic nitrogens is 2. The number of nitrogens with zero attached hydrogens (tertiary/aromatic N) is 3. The highest BCUT2D eigenvalue weighted by molar-refractivity contribution is 7.90. The number of nitrogens with one attached hydrogen (secondary N) is 1. The quantitative estimate of drug-likeness (QED) is 0.576. The second kappa shape index (κ2) is 7.69. The number of aryl methyl sites for hydroxylation is 1. The molecule has 6 nitrogen and oxygen atoms in total. The van der Waals surface area contributed by atoms with Gasteiger partial charge in [-0.05, 0) is 43.2 Å². The Morgan fingerprint density at radius 1 is 1.06 bits per heavy atom. The van der Waals surface area contributed by atoms with Crippen LogP contribution in [0.15, 0.2) is 52.4 Å². The number of pyridine rings is 2. The molecule has 0 saturated carbocycles. The molecule has 170 valence electrons. The van der Waals surface area contributed by atoms with Crippen molar-refractivity contribution in [2.24, 2.45) is 4.99 Å². The maximum Gasteiger partial charge on any atom is 0.290 e. The van der Waals surface area contributed by atoms with Crippen molar-refractivity contribution in [3.63, 3.8) is 0 Å². The molecule has 1 aliphatic carbocycles. The minimum atomic E-state index is -3.45. The van der Waals surface area contributed by atoms with Crippen molar-refractivity contribution in [2.75, 3.05) is 11.6 Å². The number of alkyl halides is 2. The fourth-order valence-corrected chi connectivity index (χ4v) is 5.18. The van der Waals surface area contributed by atoms with Crippen LogP contribution in [0.3, 0.4) is 0 Å². The maximum atomic E-state index is 14.2. The van der Waals surface area contributed by atoms with Gasteiger partial charge in [0.1, 0.15) is 11.4 Å². The van der Waals surface area contributed by atoms with E-state index in [0.29, 0.717) is 46.9 Å². The van der Waals surface area contributed by atoms with E-state index in [-0.39, 0.29) is 23.4 Å². The first-order chi connectivity index (χ1) is 15.6. The first-order valence-corrected chi connectivity index (χ1v) is 12.5. The predicted molar refractivity (Wildman–Crippen MR) is 123 cm³/mol. The zero-order valence-electron chi connectivity index (χ0n) is 18.2. The van der Waals surface area contributed by atoms with Gasteiger partial charge in [-0.15, -0.1) is 0 Å². The molecule has 0 atom stereocenters. The number of halogens is 2. The average Bonchev–Trinajstić information content (AvgIpc) is 3.26. The molecule has 2 aromatic heterocycles. The van der Waals surface area contributed by atoms with Gasteiger partial charge in [-0.1, -0.05) is 18.2 Å². The lowest BCUT2D eigenvalue weighted by atomic mass is 10.1. The molecule has 9 heteroatoms. The number of hydrogen-bond donors (Lipinski definition) is 1. The first kappa shape index (κ1) is 21.6. The number of rotatable bonds is 5. The summed E-state index contributed by atoms with van der Waals surface area (Å²) in [7, 11) is -3.45. The first-order valence-electron chi connectivity index (χ1n) is 10.6. The van der Waals surface area contributed by atoms with Crippen LogP contribution in [0, 0.1) is 0 Å². The number of anilines is 2. The molecule has 0 amide bonds. The van der Waals surface area contributed by atoms with Crippen molar-refractivity contribution in [3.05, 3.63) is 70.8 Å². The van der Waals surface area contributed by atoms with Crippen LogP contribution in [0.5, 0.6) is 0 Å². The van der Waals surface area contributed by atoms with Gasteiger partial charge in [0.05, 0.1) is 22.0 Å². The Kier molecular flexibility index (Phi) is 5.04. The van der Waals surface area contributed by atoms with Crippen molar-refractivity contribution in [3.8, 4) is 0 Å². The topological polar surface area (TPSA) is 84.3 Å². The highest BCUT2D eigenvalue weighted by Crippen LogP contribution is 2.41. The molecule has 1 aliphatic heterocycles. The Bertz CT molecular complexity index is 1420. The van der Waals surface area contributed by atoms with E-state index in [0.717, 1.165) is 17.7 Å². The number of benzene rings is 1. The molecule has 0 fully saturated rings. The summed E-state index contributed by atoms with van der Waals surface area (Å²) in [5.74, 6) is -2.90. The molecule has 5 rings (SSSR count). The molecule has 2 aliphatic rings. The van der Waals surface area contributed by atoms with E-state index in [1.807, 2.05) is 6.92 Å². The standard InChI is InChI=1S/C24H22F2N4O2S/c1-14-11-19-22(27-14)20(30-18-5-3-4-6-21(18)33(2,31)32)13-17(28-19)12-16-8-7-15-9-10-24(25,26)23(15)29-16/h3-8,13H,9-12H2,1-2H3,(H,28,30). The predicted octanol–water partition coefficient (Wildman–Crippen LogP) is 4.90. The van der Waals surface area contributed by atoms with Crippen molar-refractivity contribution >= 4 is 32.6 Å². The van der Waals surface area contributed by atoms with Crippen LogP contribution in [0.25, 0.3) is 0 Å². The molecule has 0 radical (unpaired) electrons. The second-order valence-electron chi connectivity index (χ2n) is 8.57. The maximum absolute atomic E-state index is 14.2. The van der Waals surface area contributed by atoms with Crippen molar-refractivity contribution in [1.82, 2.24) is 9.97 Å². The SMILES string of the molecule is CC1=Nc2c(Nc3ccccc3S(C)(=O)=O)cc(Cc3ccc4c(n3)C(F)(F)CC4)nc2C1. The van der Waals surface area contributed by atoms with Gasteiger partial charge in [-0.3, -0.25) is 15.0 Å². The summed E-state index contributed by atoms with van der Waals surface area (Å²) in [6, 6.07) is 11.9. The van der Waals surface area contributed by atoms with Gasteiger partial charge in [0.25, 0.3) is 5.92 Å². The lowest BCUT2D eigenvalue weighted by molar-refractivity contribution is -0.00607. The molecular weight excluding hydrogens is 446 g/mol. The smallest absolute Gasteiger partial charge is 0.290 e. The third-order valence-electron chi connectivity index (χ3n) is 5.85. The molecule has 33 heavy (non-hydrogen) atoms. The fraction of sp³-hybridized carbons (Fsp3) is 0.292. The van der Waals surface area contributed by atoms with E-state index < -0.39 is 15.8 Å². The van der Waals surface area contributed by atoms with Gasteiger partial charge < -0.3 is 5.32 Å². The largest absolute Gasteiger partial charge is 0.353 e. The van der Waals surface area contributed by atoms with Crippen LogP contribution in [0.1, 0.15) is 41.7 Å². The van der Waals surface area contributed by atoms with E-state index in [1.165, 1.54) is 0 Å². The van der Waals surface area contributed by atoms with Gasteiger partial charge in [0, 0.05) is 42.6 Å². The number of hydrogen-bond acceptors (Lipinski definition) is 6. The summed E-state index contributed by atoms with van der Waals surface area (Å²) >= 11 is 0. The number of sulfone groups is 1. The summed E-state index contributed by atoms with van der Waals surface area (Å²) in [6.07, 6.45) is 2.13. The summed E-state index contributed by atoms with van der Waals surface area (Å²) in [5.41, 5.74) is 4.99. The Balaban J connectivity index is 1.53. The Morgan fingerprint density at radius 2 is 1.85 bits per heavy atom. The van der Waals surface area contributed by atoms with Crippen molar-refractivity contribution < 1.29 is 17.2 Å². The average molecular weight is 469 g/mol. The Labute approximate surface area is 190 Å². The van der Waals surface area contributed by atoms with E-state index in [1.54, 1.807) is 42.5 Å². The van der Waals surface area contributed by atoms with Crippen LogP contribution < -0.4 is 5.32 Å². The number of fused-ring (bicyclic) bond motifs is 2. The summed E-state index contributed by atoms with van der Waals surface area (Å²) in [5, 5.41) is 3.21. The van der Waals surface area contributed by atoms with Crippen LogP contribution in [0.2, 0.25) is 0 Å². The summed E-state index contributed by atoms with van der Waals surface area (Å²) in [6.45, 7) is 1.90. The molecule has 1 aromatic carbocycles. The molecule has 0 saturated heterocycles. The molecule has 1 N–H and O–H groups in total. The van der Waals surface area contributed by atoms with Gasteiger partial charge in [-0.25, -0.2) is 8.42 Å². The minimum Gasteiger partial charge on any atom is -0.353 e. The van der Waals surface area contributed by atoms with Crippen LogP contribution in [-0.2, 0) is 35.0 Å². The molecule has 3 heterocycles. The highest BCUT2D eigenvalue weighted by atomic mass is 32.2. The number of aliphatic imine (C=N–C) groups is 1. The third-order valence-corrected chi connectivity index (χ3v) is 7.01.